The fourth-order valence-corrected chi connectivity index (χ4v) is 1.58. The highest BCUT2D eigenvalue weighted by atomic mass is 16.5. The molecule has 0 unspecified atom stereocenters. The number of carbonyl (C=O) groups is 1. The Morgan fingerprint density at radius 2 is 1.79 bits per heavy atom. The summed E-state index contributed by atoms with van der Waals surface area (Å²) < 4.78 is 4.71. The smallest absolute Gasteiger partial charge is 0.340 e. The van der Waals surface area contributed by atoms with E-state index in [4.69, 9.17) is 4.74 Å². The maximum absolute atomic E-state index is 11.6. The SMILES string of the molecule is COC(=O)c1ccccc1NN=Cc1ccccc1. The molecule has 19 heavy (non-hydrogen) atoms. The Bertz CT molecular complexity index is 580. The molecule has 0 aliphatic rings. The van der Waals surface area contributed by atoms with Crippen molar-refractivity contribution in [3.63, 3.8) is 0 Å². The monoisotopic (exact) mass is 254 g/mol. The van der Waals surface area contributed by atoms with Crippen LogP contribution in [0.2, 0.25) is 0 Å². The van der Waals surface area contributed by atoms with Crippen LogP contribution in [0.15, 0.2) is 59.7 Å². The van der Waals surface area contributed by atoms with Crippen molar-refractivity contribution in [1.29, 1.82) is 0 Å². The van der Waals surface area contributed by atoms with Gasteiger partial charge < -0.3 is 4.74 Å². The molecular formula is C15H14N2O2. The van der Waals surface area contributed by atoms with Crippen molar-refractivity contribution in [2.45, 2.75) is 0 Å². The number of para-hydroxylation sites is 1. The fourth-order valence-electron chi connectivity index (χ4n) is 1.58. The second kappa shape index (κ2) is 6.35. The van der Waals surface area contributed by atoms with Crippen molar-refractivity contribution in [3.05, 3.63) is 65.7 Å². The highest BCUT2D eigenvalue weighted by Crippen LogP contribution is 2.15. The van der Waals surface area contributed by atoms with Crippen LogP contribution >= 0.6 is 0 Å². The Kier molecular flexibility index (Phi) is 4.29. The van der Waals surface area contributed by atoms with E-state index < -0.39 is 5.97 Å². The predicted octanol–water partition coefficient (Wildman–Crippen LogP) is 2.92. The summed E-state index contributed by atoms with van der Waals surface area (Å²) >= 11 is 0. The maximum Gasteiger partial charge on any atom is 0.340 e. The summed E-state index contributed by atoms with van der Waals surface area (Å²) in [6, 6.07) is 16.8. The van der Waals surface area contributed by atoms with E-state index in [9.17, 15) is 4.79 Å². The first-order chi connectivity index (χ1) is 9.31. The summed E-state index contributed by atoms with van der Waals surface area (Å²) in [7, 11) is 1.35. The Balaban J connectivity index is 2.12. The van der Waals surface area contributed by atoms with E-state index in [1.54, 1.807) is 24.4 Å². The van der Waals surface area contributed by atoms with E-state index in [-0.39, 0.29) is 0 Å². The zero-order valence-corrected chi connectivity index (χ0v) is 10.5. The molecule has 0 heterocycles. The largest absolute Gasteiger partial charge is 0.465 e. The predicted molar refractivity (Wildman–Crippen MR) is 75.4 cm³/mol. The third-order valence-corrected chi connectivity index (χ3v) is 2.53. The molecule has 0 amide bonds. The van der Waals surface area contributed by atoms with Crippen LogP contribution in [-0.2, 0) is 4.74 Å². The third-order valence-electron chi connectivity index (χ3n) is 2.53. The minimum atomic E-state index is -0.391. The van der Waals surface area contributed by atoms with Gasteiger partial charge in [-0.2, -0.15) is 5.10 Å². The minimum absolute atomic E-state index is 0.391. The second-order valence-electron chi connectivity index (χ2n) is 3.82. The molecule has 4 nitrogen and oxygen atoms in total. The van der Waals surface area contributed by atoms with Gasteiger partial charge in [0.15, 0.2) is 0 Å². The van der Waals surface area contributed by atoms with Gasteiger partial charge in [0.25, 0.3) is 0 Å². The molecule has 0 atom stereocenters. The van der Waals surface area contributed by atoms with Crippen molar-refractivity contribution in [2.24, 2.45) is 5.10 Å². The molecule has 4 heteroatoms. The number of ether oxygens (including phenoxy) is 1. The molecule has 1 N–H and O–H groups in total. The van der Waals surface area contributed by atoms with Crippen molar-refractivity contribution >= 4 is 17.9 Å². The van der Waals surface area contributed by atoms with E-state index >= 15 is 0 Å². The van der Waals surface area contributed by atoms with Gasteiger partial charge in [0.05, 0.1) is 24.6 Å². The lowest BCUT2D eigenvalue weighted by Gasteiger charge is -2.06. The number of hydrazone groups is 1. The van der Waals surface area contributed by atoms with Crippen LogP contribution in [-0.4, -0.2) is 19.3 Å². The number of benzene rings is 2. The zero-order chi connectivity index (χ0) is 13.5. The van der Waals surface area contributed by atoms with Gasteiger partial charge in [-0.1, -0.05) is 42.5 Å². The van der Waals surface area contributed by atoms with Crippen LogP contribution in [0.25, 0.3) is 0 Å². The molecule has 2 rings (SSSR count). The minimum Gasteiger partial charge on any atom is -0.465 e. The third kappa shape index (κ3) is 3.42. The Hall–Kier alpha value is -2.62. The number of nitrogens with zero attached hydrogens (tertiary/aromatic N) is 1. The van der Waals surface area contributed by atoms with E-state index in [2.05, 4.69) is 10.5 Å². The van der Waals surface area contributed by atoms with Gasteiger partial charge in [-0.05, 0) is 17.7 Å². The number of hydrogen-bond acceptors (Lipinski definition) is 4. The number of carbonyl (C=O) groups excluding carboxylic acids is 1. The molecule has 2 aromatic carbocycles. The van der Waals surface area contributed by atoms with Crippen LogP contribution in [0.5, 0.6) is 0 Å². The molecule has 0 radical (unpaired) electrons. The number of hydrogen-bond donors (Lipinski definition) is 1. The van der Waals surface area contributed by atoms with Crippen LogP contribution in [0, 0.1) is 0 Å². The highest BCUT2D eigenvalue weighted by Gasteiger charge is 2.09. The number of esters is 1. The number of anilines is 1. The van der Waals surface area contributed by atoms with Gasteiger partial charge in [-0.15, -0.1) is 0 Å². The van der Waals surface area contributed by atoms with Crippen molar-refractivity contribution in [1.82, 2.24) is 0 Å². The molecule has 0 saturated heterocycles. The summed E-state index contributed by atoms with van der Waals surface area (Å²) in [6.45, 7) is 0. The second-order valence-corrected chi connectivity index (χ2v) is 3.82. The molecule has 0 bridgehead atoms. The van der Waals surface area contributed by atoms with Crippen LogP contribution in [0.4, 0.5) is 5.69 Å². The molecular weight excluding hydrogens is 240 g/mol. The van der Waals surface area contributed by atoms with Gasteiger partial charge in [0, 0.05) is 0 Å². The lowest BCUT2D eigenvalue weighted by atomic mass is 10.2. The molecule has 0 fully saturated rings. The molecule has 2 aromatic rings. The molecule has 0 aliphatic carbocycles. The average molecular weight is 254 g/mol. The molecule has 0 aliphatic heterocycles. The van der Waals surface area contributed by atoms with E-state index in [0.717, 1.165) is 5.56 Å². The lowest BCUT2D eigenvalue weighted by molar-refractivity contribution is 0.0602. The quantitative estimate of drug-likeness (QED) is 0.518. The number of methoxy groups -OCH3 is 1. The summed E-state index contributed by atoms with van der Waals surface area (Å²) in [5.41, 5.74) is 4.89. The average Bonchev–Trinajstić information content (AvgIpc) is 2.48. The normalized spacial score (nSPS) is 10.4. The molecule has 0 aromatic heterocycles. The number of nitrogens with one attached hydrogen (secondary N) is 1. The number of rotatable bonds is 4. The topological polar surface area (TPSA) is 50.7 Å². The van der Waals surface area contributed by atoms with Crippen LogP contribution in [0.3, 0.4) is 0 Å². The van der Waals surface area contributed by atoms with Crippen molar-refractivity contribution in [3.8, 4) is 0 Å². The Labute approximate surface area is 111 Å². The van der Waals surface area contributed by atoms with Gasteiger partial charge in [0.1, 0.15) is 0 Å². The van der Waals surface area contributed by atoms with Gasteiger partial charge in [-0.25, -0.2) is 4.79 Å². The first-order valence-corrected chi connectivity index (χ1v) is 5.83. The Morgan fingerprint density at radius 1 is 1.11 bits per heavy atom. The van der Waals surface area contributed by atoms with E-state index in [0.29, 0.717) is 11.3 Å². The maximum atomic E-state index is 11.6. The lowest BCUT2D eigenvalue weighted by Crippen LogP contribution is -2.05. The van der Waals surface area contributed by atoms with Gasteiger partial charge in [0.2, 0.25) is 0 Å². The molecule has 0 spiro atoms. The fraction of sp³-hybridized carbons (Fsp3) is 0.0667. The van der Waals surface area contributed by atoms with E-state index in [1.807, 2.05) is 36.4 Å². The first kappa shape index (κ1) is 12.8. The molecule has 96 valence electrons. The van der Waals surface area contributed by atoms with E-state index in [1.165, 1.54) is 7.11 Å². The highest BCUT2D eigenvalue weighted by molar-refractivity contribution is 5.95. The summed E-state index contributed by atoms with van der Waals surface area (Å²) in [5.74, 6) is -0.391. The molecule has 0 saturated carbocycles. The zero-order valence-electron chi connectivity index (χ0n) is 10.5. The summed E-state index contributed by atoms with van der Waals surface area (Å²) in [6.07, 6.45) is 1.69. The first-order valence-electron chi connectivity index (χ1n) is 5.83. The van der Waals surface area contributed by atoms with Crippen LogP contribution in [0.1, 0.15) is 15.9 Å². The van der Waals surface area contributed by atoms with Crippen molar-refractivity contribution in [2.75, 3.05) is 12.5 Å². The Morgan fingerprint density at radius 3 is 2.53 bits per heavy atom. The summed E-state index contributed by atoms with van der Waals surface area (Å²) in [5, 5.41) is 4.11. The summed E-state index contributed by atoms with van der Waals surface area (Å²) in [4.78, 5) is 11.6. The standard InChI is InChI=1S/C15H14N2O2/c1-19-15(18)13-9-5-6-10-14(13)17-16-11-12-7-3-2-4-8-12/h2-11,17H,1H3. The van der Waals surface area contributed by atoms with Gasteiger partial charge >= 0.3 is 5.97 Å². The van der Waals surface area contributed by atoms with Crippen molar-refractivity contribution < 1.29 is 9.53 Å². The van der Waals surface area contributed by atoms with Crippen LogP contribution < -0.4 is 5.43 Å². The van der Waals surface area contributed by atoms with Gasteiger partial charge in [-0.3, -0.25) is 5.43 Å².